The summed E-state index contributed by atoms with van der Waals surface area (Å²) in [6, 6.07) is 6.25. The number of fused-ring (bicyclic) bond motifs is 1. The second-order valence-electron chi connectivity index (χ2n) is 6.33. The molecule has 1 atom stereocenters. The quantitative estimate of drug-likeness (QED) is 0.855. The predicted octanol–water partition coefficient (Wildman–Crippen LogP) is 2.67. The third kappa shape index (κ3) is 3.24. The van der Waals surface area contributed by atoms with E-state index in [0.29, 0.717) is 24.2 Å². The summed E-state index contributed by atoms with van der Waals surface area (Å²) in [5.74, 6) is 1.48. The van der Waals surface area contributed by atoms with Gasteiger partial charge in [0.05, 0.1) is 5.52 Å². The second-order valence-corrected chi connectivity index (χ2v) is 6.33. The van der Waals surface area contributed by atoms with Gasteiger partial charge >= 0.3 is 0 Å². The van der Waals surface area contributed by atoms with E-state index in [1.807, 2.05) is 24.4 Å². The Morgan fingerprint density at radius 1 is 1.39 bits per heavy atom. The second kappa shape index (κ2) is 6.71. The molecule has 0 aliphatic heterocycles. The van der Waals surface area contributed by atoms with E-state index in [1.54, 1.807) is 0 Å². The molecular weight excluding hydrogens is 288 g/mol. The highest BCUT2D eigenvalue weighted by Crippen LogP contribution is 2.39. The summed E-state index contributed by atoms with van der Waals surface area (Å²) < 4.78 is 2.07. The Hall–Kier alpha value is -1.88. The number of hydrogen-bond acceptors (Lipinski definition) is 3. The van der Waals surface area contributed by atoms with Gasteiger partial charge in [0.15, 0.2) is 5.69 Å². The van der Waals surface area contributed by atoms with Crippen molar-refractivity contribution in [2.45, 2.75) is 45.6 Å². The van der Waals surface area contributed by atoms with Crippen molar-refractivity contribution in [3.63, 3.8) is 0 Å². The minimum absolute atomic E-state index is 0.0698. The van der Waals surface area contributed by atoms with E-state index in [1.165, 1.54) is 12.8 Å². The van der Waals surface area contributed by atoms with Crippen LogP contribution in [0.15, 0.2) is 24.4 Å². The topological polar surface area (TPSA) is 49.6 Å². The lowest BCUT2D eigenvalue weighted by atomic mass is 10.2. The Bertz CT molecular complexity index is 685. The molecule has 1 unspecified atom stereocenters. The first kappa shape index (κ1) is 16.0. The molecule has 5 heteroatoms. The molecule has 2 aromatic rings. The van der Waals surface area contributed by atoms with E-state index < -0.39 is 0 Å². The molecule has 124 valence electrons. The summed E-state index contributed by atoms with van der Waals surface area (Å²) in [6.45, 7) is 9.07. The zero-order valence-electron chi connectivity index (χ0n) is 14.2. The molecule has 0 bridgehead atoms. The fraction of sp³-hybridized carbons (Fsp3) is 0.556. The summed E-state index contributed by atoms with van der Waals surface area (Å²) in [4.78, 5) is 19.6. The largest absolute Gasteiger partial charge is 0.349 e. The molecule has 1 aliphatic carbocycles. The van der Waals surface area contributed by atoms with Crippen molar-refractivity contribution in [3.05, 3.63) is 35.9 Å². The normalized spacial score (nSPS) is 16.0. The first-order chi connectivity index (χ1) is 11.2. The first-order valence-corrected chi connectivity index (χ1v) is 8.64. The molecule has 3 rings (SSSR count). The first-order valence-electron chi connectivity index (χ1n) is 8.64. The maximum Gasteiger partial charge on any atom is 0.272 e. The zero-order chi connectivity index (χ0) is 16.4. The molecule has 0 radical (unpaired) electrons. The van der Waals surface area contributed by atoms with E-state index in [4.69, 9.17) is 0 Å². The van der Waals surface area contributed by atoms with Crippen LogP contribution in [-0.4, -0.2) is 45.9 Å². The molecule has 1 aliphatic rings. The summed E-state index contributed by atoms with van der Waals surface area (Å²) in [7, 11) is 0. The number of rotatable bonds is 7. The van der Waals surface area contributed by atoms with Gasteiger partial charge in [-0.15, -0.1) is 0 Å². The van der Waals surface area contributed by atoms with Crippen molar-refractivity contribution in [2.24, 2.45) is 0 Å². The molecule has 1 N–H and O–H groups in total. The van der Waals surface area contributed by atoms with Crippen molar-refractivity contribution < 1.29 is 4.79 Å². The standard InChI is InChI=1S/C18H26N4O/c1-4-21(5-2)13(3)12-19-18(23)16-15-8-6-7-11-22(15)17(20-16)14-9-10-14/h6-8,11,13-14H,4-5,9-10,12H2,1-3H3,(H,19,23). The van der Waals surface area contributed by atoms with Gasteiger partial charge in [0.1, 0.15) is 5.82 Å². The molecule has 0 saturated heterocycles. The Balaban J connectivity index is 1.76. The van der Waals surface area contributed by atoms with Crippen molar-refractivity contribution in [2.75, 3.05) is 19.6 Å². The molecule has 1 amide bonds. The molecule has 0 spiro atoms. The Morgan fingerprint density at radius 3 is 2.78 bits per heavy atom. The smallest absolute Gasteiger partial charge is 0.272 e. The highest BCUT2D eigenvalue weighted by molar-refractivity contribution is 5.99. The highest BCUT2D eigenvalue weighted by atomic mass is 16.1. The number of carbonyl (C=O) groups is 1. The van der Waals surface area contributed by atoms with E-state index in [-0.39, 0.29) is 5.91 Å². The fourth-order valence-electron chi connectivity index (χ4n) is 3.16. The Kier molecular flexibility index (Phi) is 4.66. The molecule has 5 nitrogen and oxygen atoms in total. The van der Waals surface area contributed by atoms with Crippen LogP contribution in [0.5, 0.6) is 0 Å². The SMILES string of the molecule is CCN(CC)C(C)CNC(=O)c1nc(C2CC2)n2ccccc12. The lowest BCUT2D eigenvalue weighted by Gasteiger charge is -2.26. The molecule has 1 saturated carbocycles. The average Bonchev–Trinajstić information content (AvgIpc) is 3.34. The predicted molar refractivity (Wildman–Crippen MR) is 91.9 cm³/mol. The number of imidazole rings is 1. The van der Waals surface area contributed by atoms with Crippen LogP contribution in [-0.2, 0) is 0 Å². The number of hydrogen-bond donors (Lipinski definition) is 1. The van der Waals surface area contributed by atoms with Crippen LogP contribution in [0.3, 0.4) is 0 Å². The highest BCUT2D eigenvalue weighted by Gasteiger charge is 2.30. The number of likely N-dealkylation sites (N-methyl/N-ethyl adjacent to an activating group) is 1. The molecular formula is C18H26N4O. The number of amides is 1. The van der Waals surface area contributed by atoms with Crippen LogP contribution in [0.4, 0.5) is 0 Å². The summed E-state index contributed by atoms with van der Waals surface area (Å²) in [6.07, 6.45) is 4.35. The van der Waals surface area contributed by atoms with Crippen LogP contribution in [0, 0.1) is 0 Å². The van der Waals surface area contributed by atoms with Gasteiger partial charge in [0.25, 0.3) is 5.91 Å². The number of carbonyl (C=O) groups excluding carboxylic acids is 1. The summed E-state index contributed by atoms with van der Waals surface area (Å²) in [5.41, 5.74) is 1.46. The maximum absolute atomic E-state index is 12.6. The maximum atomic E-state index is 12.6. The summed E-state index contributed by atoms with van der Waals surface area (Å²) >= 11 is 0. The van der Waals surface area contributed by atoms with Gasteiger partial charge in [-0.3, -0.25) is 9.69 Å². The number of nitrogens with zero attached hydrogens (tertiary/aromatic N) is 3. The molecule has 2 aromatic heterocycles. The lowest BCUT2D eigenvalue weighted by Crippen LogP contribution is -2.42. The Morgan fingerprint density at radius 2 is 2.13 bits per heavy atom. The van der Waals surface area contributed by atoms with Crippen molar-refractivity contribution in [3.8, 4) is 0 Å². The third-order valence-electron chi connectivity index (χ3n) is 4.73. The molecule has 2 heterocycles. The van der Waals surface area contributed by atoms with Crippen LogP contribution >= 0.6 is 0 Å². The van der Waals surface area contributed by atoms with Gasteiger partial charge in [-0.25, -0.2) is 4.98 Å². The Labute approximate surface area is 137 Å². The third-order valence-corrected chi connectivity index (χ3v) is 4.73. The van der Waals surface area contributed by atoms with Crippen molar-refractivity contribution >= 4 is 11.4 Å². The lowest BCUT2D eigenvalue weighted by molar-refractivity contribution is 0.0935. The number of aromatic nitrogens is 2. The summed E-state index contributed by atoms with van der Waals surface area (Å²) in [5, 5.41) is 3.06. The van der Waals surface area contributed by atoms with Gasteiger partial charge < -0.3 is 9.72 Å². The number of pyridine rings is 1. The van der Waals surface area contributed by atoms with E-state index in [9.17, 15) is 4.79 Å². The average molecular weight is 314 g/mol. The molecule has 23 heavy (non-hydrogen) atoms. The van der Waals surface area contributed by atoms with Gasteiger partial charge in [-0.05, 0) is 45.0 Å². The van der Waals surface area contributed by atoms with Gasteiger partial charge in [-0.2, -0.15) is 0 Å². The van der Waals surface area contributed by atoms with E-state index in [0.717, 1.165) is 24.4 Å². The van der Waals surface area contributed by atoms with Gasteiger partial charge in [0, 0.05) is 24.7 Å². The van der Waals surface area contributed by atoms with Crippen molar-refractivity contribution in [1.29, 1.82) is 0 Å². The molecule has 0 aromatic carbocycles. The number of nitrogens with one attached hydrogen (secondary N) is 1. The van der Waals surface area contributed by atoms with Crippen LogP contribution in [0.2, 0.25) is 0 Å². The van der Waals surface area contributed by atoms with Crippen molar-refractivity contribution in [1.82, 2.24) is 19.6 Å². The monoisotopic (exact) mass is 314 g/mol. The van der Waals surface area contributed by atoms with E-state index in [2.05, 4.69) is 40.4 Å². The van der Waals surface area contributed by atoms with Crippen LogP contribution in [0.25, 0.3) is 5.52 Å². The van der Waals surface area contributed by atoms with Crippen LogP contribution in [0.1, 0.15) is 55.8 Å². The minimum atomic E-state index is -0.0698. The fourth-order valence-corrected chi connectivity index (χ4v) is 3.16. The van der Waals surface area contributed by atoms with Gasteiger partial charge in [0.2, 0.25) is 0 Å². The van der Waals surface area contributed by atoms with Crippen LogP contribution < -0.4 is 5.32 Å². The van der Waals surface area contributed by atoms with Gasteiger partial charge in [-0.1, -0.05) is 19.9 Å². The zero-order valence-corrected chi connectivity index (χ0v) is 14.2. The van der Waals surface area contributed by atoms with E-state index >= 15 is 0 Å². The minimum Gasteiger partial charge on any atom is -0.349 e. The molecule has 1 fully saturated rings.